The molecule has 108 valence electrons. The van der Waals surface area contributed by atoms with Gasteiger partial charge in [0.2, 0.25) is 0 Å². The molecule has 2 nitrogen and oxygen atoms in total. The molecule has 0 aromatic heterocycles. The maximum atomic E-state index is 12.7. The predicted octanol–water partition coefficient (Wildman–Crippen LogP) is 4.10. The van der Waals surface area contributed by atoms with Crippen molar-refractivity contribution >= 4 is 11.1 Å². The fraction of sp³-hybridized carbons (Fsp3) is 0.500. The number of hydrogen-bond acceptors (Lipinski definition) is 2. The first-order valence-electron chi connectivity index (χ1n) is 5.65. The van der Waals surface area contributed by atoms with E-state index in [0.29, 0.717) is 0 Å². The standard InChI is InChI=1S/C12H14F4O2S/c1-3-8(2)9-4-6-10(7-5-9)18-19(17)12(15,16)11(13)14/h4-8,11H,3H2,1-2H3. The monoisotopic (exact) mass is 298 g/mol. The number of benzene rings is 1. The van der Waals surface area contributed by atoms with E-state index in [9.17, 15) is 21.8 Å². The largest absolute Gasteiger partial charge is 0.414 e. The average Bonchev–Trinajstić information content (AvgIpc) is 2.38. The third-order valence-corrected chi connectivity index (χ3v) is 3.68. The van der Waals surface area contributed by atoms with Crippen LogP contribution < -0.4 is 4.18 Å². The Kier molecular flexibility index (Phi) is 5.34. The molecule has 7 heteroatoms. The van der Waals surface area contributed by atoms with Crippen LogP contribution in [-0.4, -0.2) is 15.9 Å². The number of hydrogen-bond donors (Lipinski definition) is 0. The number of halogens is 4. The summed E-state index contributed by atoms with van der Waals surface area (Å²) in [5.74, 6) is 0.146. The summed E-state index contributed by atoms with van der Waals surface area (Å²) in [5.41, 5.74) is 0.959. The molecular weight excluding hydrogens is 284 g/mol. The van der Waals surface area contributed by atoms with Crippen molar-refractivity contribution < 1.29 is 26.0 Å². The molecule has 2 atom stereocenters. The molecule has 1 rings (SSSR count). The Morgan fingerprint density at radius 1 is 1.26 bits per heavy atom. The molecule has 19 heavy (non-hydrogen) atoms. The lowest BCUT2D eigenvalue weighted by Crippen LogP contribution is -2.34. The van der Waals surface area contributed by atoms with Crippen LogP contribution in [0.5, 0.6) is 5.75 Å². The van der Waals surface area contributed by atoms with Gasteiger partial charge in [-0.3, -0.25) is 0 Å². The highest BCUT2D eigenvalue weighted by molar-refractivity contribution is 7.81. The van der Waals surface area contributed by atoms with Crippen molar-refractivity contribution in [2.45, 2.75) is 37.9 Å². The molecule has 1 aromatic carbocycles. The van der Waals surface area contributed by atoms with Crippen molar-refractivity contribution in [1.82, 2.24) is 0 Å². The first-order valence-corrected chi connectivity index (χ1v) is 6.72. The van der Waals surface area contributed by atoms with Gasteiger partial charge in [-0.15, -0.1) is 0 Å². The Labute approximate surface area is 111 Å². The molecule has 0 saturated heterocycles. The topological polar surface area (TPSA) is 26.3 Å². The molecule has 0 heterocycles. The van der Waals surface area contributed by atoms with E-state index in [1.807, 2.05) is 13.8 Å². The number of rotatable bonds is 6. The smallest absolute Gasteiger partial charge is 0.396 e. The molecule has 0 fully saturated rings. The van der Waals surface area contributed by atoms with Gasteiger partial charge >= 0.3 is 11.7 Å². The summed E-state index contributed by atoms with van der Waals surface area (Å²) in [7, 11) is 0. The van der Waals surface area contributed by atoms with Gasteiger partial charge in [-0.2, -0.15) is 8.78 Å². The van der Waals surface area contributed by atoms with Crippen molar-refractivity contribution in [2.24, 2.45) is 0 Å². The average molecular weight is 298 g/mol. The number of alkyl halides is 4. The third kappa shape index (κ3) is 3.92. The van der Waals surface area contributed by atoms with E-state index in [2.05, 4.69) is 4.18 Å². The summed E-state index contributed by atoms with van der Waals surface area (Å²) in [6, 6.07) is 5.92. The summed E-state index contributed by atoms with van der Waals surface area (Å²) in [5, 5.41) is -4.69. The Hall–Kier alpha value is -1.11. The van der Waals surface area contributed by atoms with E-state index in [-0.39, 0.29) is 11.7 Å². The van der Waals surface area contributed by atoms with Crippen LogP contribution in [0, 0.1) is 0 Å². The van der Waals surface area contributed by atoms with Crippen LogP contribution in [0.3, 0.4) is 0 Å². The molecule has 0 saturated carbocycles. The highest BCUT2D eigenvalue weighted by Gasteiger charge is 2.50. The van der Waals surface area contributed by atoms with Gasteiger partial charge in [0, 0.05) is 0 Å². The molecule has 0 aliphatic rings. The van der Waals surface area contributed by atoms with Gasteiger partial charge in [0.15, 0.2) is 0 Å². The molecule has 0 N–H and O–H groups in total. The van der Waals surface area contributed by atoms with Crippen molar-refractivity contribution in [3.63, 3.8) is 0 Å². The third-order valence-electron chi connectivity index (χ3n) is 2.71. The molecule has 0 aliphatic heterocycles. The SMILES string of the molecule is CCC(C)c1ccc(OS(=O)C(F)(F)C(F)F)cc1. The highest BCUT2D eigenvalue weighted by atomic mass is 32.2. The molecular formula is C12H14F4O2S. The van der Waals surface area contributed by atoms with Gasteiger partial charge in [0.25, 0.3) is 11.1 Å². The first-order chi connectivity index (χ1) is 8.78. The second kappa shape index (κ2) is 6.36. The minimum Gasteiger partial charge on any atom is -0.396 e. The Morgan fingerprint density at radius 2 is 1.79 bits per heavy atom. The van der Waals surface area contributed by atoms with Gasteiger partial charge in [0.1, 0.15) is 5.75 Å². The Bertz CT molecular complexity index is 434. The molecule has 2 unspecified atom stereocenters. The summed E-state index contributed by atoms with van der Waals surface area (Å²) in [4.78, 5) is 0. The summed E-state index contributed by atoms with van der Waals surface area (Å²) < 4.78 is 64.7. The maximum Gasteiger partial charge on any atom is 0.414 e. The normalized spacial score (nSPS) is 15.3. The van der Waals surface area contributed by atoms with E-state index >= 15 is 0 Å². The van der Waals surface area contributed by atoms with Crippen molar-refractivity contribution in [3.8, 4) is 5.75 Å². The van der Waals surface area contributed by atoms with E-state index in [1.165, 1.54) is 12.1 Å². The molecule has 0 bridgehead atoms. The second-order valence-electron chi connectivity index (χ2n) is 4.06. The zero-order valence-electron chi connectivity index (χ0n) is 10.4. The maximum absolute atomic E-state index is 12.7. The lowest BCUT2D eigenvalue weighted by molar-refractivity contribution is -0.0637. The minimum absolute atomic E-state index is 0.134. The summed E-state index contributed by atoms with van der Waals surface area (Å²) >= 11 is -3.41. The lowest BCUT2D eigenvalue weighted by atomic mass is 9.99. The van der Waals surface area contributed by atoms with Gasteiger partial charge < -0.3 is 4.18 Å². The van der Waals surface area contributed by atoms with Gasteiger partial charge in [0.05, 0.1) is 0 Å². The predicted molar refractivity (Wildman–Crippen MR) is 64.9 cm³/mol. The zero-order valence-corrected chi connectivity index (χ0v) is 11.2. The van der Waals surface area contributed by atoms with E-state index in [0.717, 1.165) is 12.0 Å². The molecule has 1 aromatic rings. The van der Waals surface area contributed by atoms with Crippen molar-refractivity contribution in [3.05, 3.63) is 29.8 Å². The first kappa shape index (κ1) is 15.9. The van der Waals surface area contributed by atoms with Crippen LogP contribution in [0.1, 0.15) is 31.7 Å². The van der Waals surface area contributed by atoms with Crippen LogP contribution >= 0.6 is 0 Å². The van der Waals surface area contributed by atoms with Crippen LogP contribution in [0.4, 0.5) is 17.6 Å². The van der Waals surface area contributed by atoms with E-state index in [4.69, 9.17) is 0 Å². The van der Waals surface area contributed by atoms with Crippen LogP contribution in [0.2, 0.25) is 0 Å². The fourth-order valence-corrected chi connectivity index (χ4v) is 1.85. The molecule has 0 aliphatic carbocycles. The van der Waals surface area contributed by atoms with E-state index in [1.54, 1.807) is 12.1 Å². The highest BCUT2D eigenvalue weighted by Crippen LogP contribution is 2.29. The van der Waals surface area contributed by atoms with Crippen LogP contribution in [-0.2, 0) is 11.1 Å². The van der Waals surface area contributed by atoms with Crippen molar-refractivity contribution in [1.29, 1.82) is 0 Å². The van der Waals surface area contributed by atoms with Gasteiger partial charge in [-0.1, -0.05) is 26.0 Å². The fourth-order valence-electron chi connectivity index (χ4n) is 1.30. The molecule has 0 radical (unpaired) electrons. The van der Waals surface area contributed by atoms with E-state index < -0.39 is 22.8 Å². The van der Waals surface area contributed by atoms with Gasteiger partial charge in [-0.25, -0.2) is 13.0 Å². The summed E-state index contributed by atoms with van der Waals surface area (Å²) in [6.45, 7) is 3.98. The Balaban J connectivity index is 2.76. The molecule has 0 amide bonds. The van der Waals surface area contributed by atoms with Crippen molar-refractivity contribution in [2.75, 3.05) is 0 Å². The van der Waals surface area contributed by atoms with Crippen LogP contribution in [0.25, 0.3) is 0 Å². The summed E-state index contributed by atoms with van der Waals surface area (Å²) in [6.07, 6.45) is -3.14. The van der Waals surface area contributed by atoms with Crippen LogP contribution in [0.15, 0.2) is 24.3 Å². The zero-order chi connectivity index (χ0) is 14.6. The minimum atomic E-state index is -4.69. The molecule has 0 spiro atoms. The van der Waals surface area contributed by atoms with Gasteiger partial charge in [-0.05, 0) is 30.0 Å². The quantitative estimate of drug-likeness (QED) is 0.739. The lowest BCUT2D eigenvalue weighted by Gasteiger charge is -2.15. The Morgan fingerprint density at radius 3 is 2.21 bits per heavy atom. The second-order valence-corrected chi connectivity index (χ2v) is 5.24.